The summed E-state index contributed by atoms with van der Waals surface area (Å²) in [6.45, 7) is 0. The third-order valence-corrected chi connectivity index (χ3v) is 5.82. The van der Waals surface area contributed by atoms with Gasteiger partial charge in [0.1, 0.15) is 23.9 Å². The van der Waals surface area contributed by atoms with Gasteiger partial charge in [-0.25, -0.2) is 4.79 Å². The number of carbonyl (C=O) groups is 5. The van der Waals surface area contributed by atoms with Gasteiger partial charge in [-0.15, -0.1) is 0 Å². The lowest BCUT2D eigenvalue weighted by Crippen LogP contribution is -2.58. The Bertz CT molecular complexity index is 1130. The second kappa shape index (κ2) is 14.6. The number of aliphatic carboxylic acids is 2. The Labute approximate surface area is 224 Å². The Hall–Kier alpha value is -4.10. The number of phenols is 1. The van der Waals surface area contributed by atoms with Crippen LogP contribution in [0.15, 0.2) is 54.6 Å². The lowest BCUT2D eigenvalue weighted by atomic mass is 10.0. The molecular weight excluding hydrogens is 516 g/mol. The number of hydrogen-bond donors (Lipinski definition) is 8. The summed E-state index contributed by atoms with van der Waals surface area (Å²) in [5.74, 6) is -5.49. The molecule has 13 heteroatoms. The van der Waals surface area contributed by atoms with Gasteiger partial charge in [0.25, 0.3) is 0 Å². The van der Waals surface area contributed by atoms with Gasteiger partial charge in [0.05, 0.1) is 12.5 Å². The summed E-state index contributed by atoms with van der Waals surface area (Å²) in [7, 11) is 0. The van der Waals surface area contributed by atoms with E-state index >= 15 is 0 Å². The molecule has 0 aliphatic carbocycles. The number of thiol groups is 1. The molecule has 204 valence electrons. The van der Waals surface area contributed by atoms with Crippen LogP contribution in [0.5, 0.6) is 5.75 Å². The third-order valence-electron chi connectivity index (χ3n) is 5.45. The van der Waals surface area contributed by atoms with Crippen LogP contribution in [-0.2, 0) is 36.8 Å². The van der Waals surface area contributed by atoms with E-state index in [9.17, 15) is 34.2 Å². The van der Waals surface area contributed by atoms with Crippen molar-refractivity contribution >= 4 is 42.3 Å². The first-order valence-electron chi connectivity index (χ1n) is 11.5. The SMILES string of the molecule is NC(Cc1ccc(O)cc1)C(=O)NC(Cc1ccccc1)C(=O)NC(CS)C(=O)NC(CC(=O)O)C(=O)O. The Morgan fingerprint density at radius 2 is 1.26 bits per heavy atom. The van der Waals surface area contributed by atoms with E-state index in [1.165, 1.54) is 12.1 Å². The summed E-state index contributed by atoms with van der Waals surface area (Å²) in [6.07, 6.45) is -0.671. The zero-order chi connectivity index (χ0) is 28.2. The zero-order valence-electron chi connectivity index (χ0n) is 20.2. The van der Waals surface area contributed by atoms with Crippen LogP contribution in [0.2, 0.25) is 0 Å². The molecule has 0 bridgehead atoms. The van der Waals surface area contributed by atoms with Gasteiger partial charge >= 0.3 is 11.9 Å². The molecule has 2 aromatic rings. The molecule has 0 spiro atoms. The maximum atomic E-state index is 13.2. The topological polar surface area (TPSA) is 208 Å². The van der Waals surface area contributed by atoms with Gasteiger partial charge in [-0.1, -0.05) is 42.5 Å². The van der Waals surface area contributed by atoms with E-state index in [-0.39, 0.29) is 24.3 Å². The number of carbonyl (C=O) groups excluding carboxylic acids is 3. The maximum Gasteiger partial charge on any atom is 0.326 e. The fourth-order valence-electron chi connectivity index (χ4n) is 3.43. The fraction of sp³-hybridized carbons (Fsp3) is 0.320. The summed E-state index contributed by atoms with van der Waals surface area (Å²) in [5.41, 5.74) is 7.44. The molecule has 0 aromatic heterocycles. The predicted octanol–water partition coefficient (Wildman–Crippen LogP) is -0.552. The molecule has 0 radical (unpaired) electrons. The Morgan fingerprint density at radius 1 is 0.737 bits per heavy atom. The van der Waals surface area contributed by atoms with Gasteiger partial charge in [-0.3, -0.25) is 19.2 Å². The summed E-state index contributed by atoms with van der Waals surface area (Å²) in [4.78, 5) is 60.8. The van der Waals surface area contributed by atoms with Crippen molar-refractivity contribution in [2.24, 2.45) is 5.73 Å². The van der Waals surface area contributed by atoms with E-state index in [2.05, 4.69) is 28.6 Å². The molecule has 0 saturated heterocycles. The van der Waals surface area contributed by atoms with Crippen molar-refractivity contribution in [1.82, 2.24) is 16.0 Å². The Kier molecular flexibility index (Phi) is 11.6. The number of aromatic hydroxyl groups is 1. The normalized spacial score (nSPS) is 13.8. The first-order chi connectivity index (χ1) is 18.0. The minimum Gasteiger partial charge on any atom is -0.508 e. The molecule has 2 aromatic carbocycles. The molecule has 38 heavy (non-hydrogen) atoms. The molecular formula is C25H30N4O8S. The molecule has 12 nitrogen and oxygen atoms in total. The molecule has 0 aliphatic heterocycles. The standard InChI is InChI=1S/C25H30N4O8S/c26-17(10-15-6-8-16(30)9-7-15)22(33)27-18(11-14-4-2-1-3-5-14)23(34)29-20(13-38)24(35)28-19(25(36)37)12-21(31)32/h1-9,17-20,30,38H,10-13,26H2,(H,27,33)(H,28,35)(H,29,34)(H,31,32)(H,36,37). The van der Waals surface area contributed by atoms with Crippen LogP contribution < -0.4 is 21.7 Å². The van der Waals surface area contributed by atoms with Gasteiger partial charge in [0, 0.05) is 12.2 Å². The molecule has 4 atom stereocenters. The average molecular weight is 547 g/mol. The highest BCUT2D eigenvalue weighted by Crippen LogP contribution is 2.11. The van der Waals surface area contributed by atoms with Crippen molar-refractivity contribution in [2.45, 2.75) is 43.4 Å². The number of nitrogens with one attached hydrogen (secondary N) is 3. The van der Waals surface area contributed by atoms with Crippen molar-refractivity contribution < 1.29 is 39.3 Å². The zero-order valence-corrected chi connectivity index (χ0v) is 21.1. The summed E-state index contributed by atoms with van der Waals surface area (Å²) >= 11 is 4.04. The summed E-state index contributed by atoms with van der Waals surface area (Å²) in [5, 5.41) is 34.6. The van der Waals surface area contributed by atoms with Crippen LogP contribution in [0, 0.1) is 0 Å². The molecule has 0 aliphatic rings. The maximum absolute atomic E-state index is 13.2. The number of nitrogens with two attached hydrogens (primary N) is 1. The number of carboxylic acids is 2. The quantitative estimate of drug-likeness (QED) is 0.143. The highest BCUT2D eigenvalue weighted by Gasteiger charge is 2.30. The monoisotopic (exact) mass is 546 g/mol. The lowest BCUT2D eigenvalue weighted by Gasteiger charge is -2.24. The van der Waals surface area contributed by atoms with Crippen LogP contribution in [-0.4, -0.2) is 74.9 Å². The largest absolute Gasteiger partial charge is 0.508 e. The predicted molar refractivity (Wildman–Crippen MR) is 139 cm³/mol. The van der Waals surface area contributed by atoms with E-state index in [4.69, 9.17) is 10.8 Å². The highest BCUT2D eigenvalue weighted by atomic mass is 32.1. The van der Waals surface area contributed by atoms with Crippen molar-refractivity contribution in [3.63, 3.8) is 0 Å². The van der Waals surface area contributed by atoms with Crippen molar-refractivity contribution in [1.29, 1.82) is 0 Å². The fourth-order valence-corrected chi connectivity index (χ4v) is 3.69. The molecule has 4 unspecified atom stereocenters. The van der Waals surface area contributed by atoms with E-state index < -0.39 is 60.2 Å². The number of benzene rings is 2. The number of hydrogen-bond acceptors (Lipinski definition) is 8. The summed E-state index contributed by atoms with van der Waals surface area (Å²) < 4.78 is 0. The van der Waals surface area contributed by atoms with Gasteiger partial charge in [-0.05, 0) is 29.7 Å². The molecule has 0 fully saturated rings. The number of phenolic OH excluding ortho intramolecular Hbond substituents is 1. The van der Waals surface area contributed by atoms with Crippen LogP contribution in [0.25, 0.3) is 0 Å². The van der Waals surface area contributed by atoms with Crippen LogP contribution in [0.3, 0.4) is 0 Å². The molecule has 8 N–H and O–H groups in total. The van der Waals surface area contributed by atoms with E-state index in [0.29, 0.717) is 11.1 Å². The second-order valence-electron chi connectivity index (χ2n) is 8.47. The Morgan fingerprint density at radius 3 is 1.82 bits per heavy atom. The average Bonchev–Trinajstić information content (AvgIpc) is 2.87. The van der Waals surface area contributed by atoms with Gasteiger partial charge in [0.15, 0.2) is 0 Å². The third kappa shape index (κ3) is 9.75. The number of amides is 3. The number of rotatable bonds is 14. The molecule has 0 saturated carbocycles. The minimum atomic E-state index is -1.71. The van der Waals surface area contributed by atoms with E-state index in [0.717, 1.165) is 0 Å². The molecule has 3 amide bonds. The summed E-state index contributed by atoms with van der Waals surface area (Å²) in [6, 6.07) is 9.71. The second-order valence-corrected chi connectivity index (χ2v) is 8.83. The van der Waals surface area contributed by atoms with E-state index in [1.54, 1.807) is 42.5 Å². The minimum absolute atomic E-state index is 0.0576. The van der Waals surface area contributed by atoms with Crippen molar-refractivity contribution in [2.75, 3.05) is 5.75 Å². The van der Waals surface area contributed by atoms with Crippen LogP contribution in [0.1, 0.15) is 17.5 Å². The number of carboxylic acid groups (broad SMARTS) is 2. The first-order valence-corrected chi connectivity index (χ1v) is 12.2. The van der Waals surface area contributed by atoms with Crippen molar-refractivity contribution in [3.05, 3.63) is 65.7 Å². The lowest BCUT2D eigenvalue weighted by molar-refractivity contribution is -0.147. The van der Waals surface area contributed by atoms with Crippen molar-refractivity contribution in [3.8, 4) is 5.75 Å². The first kappa shape index (κ1) is 30.1. The van der Waals surface area contributed by atoms with Crippen LogP contribution in [0.4, 0.5) is 0 Å². The van der Waals surface area contributed by atoms with Gasteiger partial charge in [-0.2, -0.15) is 12.6 Å². The van der Waals surface area contributed by atoms with Gasteiger partial charge in [0.2, 0.25) is 17.7 Å². The van der Waals surface area contributed by atoms with E-state index in [1.807, 2.05) is 0 Å². The molecule has 0 heterocycles. The van der Waals surface area contributed by atoms with Gasteiger partial charge < -0.3 is 37.0 Å². The molecule has 2 rings (SSSR count). The van der Waals surface area contributed by atoms with Crippen LogP contribution >= 0.6 is 12.6 Å². The highest BCUT2D eigenvalue weighted by molar-refractivity contribution is 7.80. The Balaban J connectivity index is 2.14. The smallest absolute Gasteiger partial charge is 0.326 e.